The number of aromatic amines is 1. The standard InChI is InChI=1S/C16H11NO3/c18-15-10-14(12-8-4-5-9-13(12)17-15)20-16(19)11-6-2-1-3-7-11/h1-10H,(H,17,18). The summed E-state index contributed by atoms with van der Waals surface area (Å²) in [6.45, 7) is 0. The monoisotopic (exact) mass is 265 g/mol. The number of pyridine rings is 1. The van der Waals surface area contributed by atoms with Crippen LogP contribution in [0, 0.1) is 0 Å². The molecule has 0 spiro atoms. The molecule has 0 bridgehead atoms. The van der Waals surface area contributed by atoms with E-state index >= 15 is 0 Å². The second-order valence-electron chi connectivity index (χ2n) is 4.30. The van der Waals surface area contributed by atoms with Gasteiger partial charge in [-0.2, -0.15) is 0 Å². The van der Waals surface area contributed by atoms with E-state index in [1.807, 2.05) is 12.1 Å². The summed E-state index contributed by atoms with van der Waals surface area (Å²) >= 11 is 0. The zero-order valence-electron chi connectivity index (χ0n) is 10.5. The highest BCUT2D eigenvalue weighted by molar-refractivity contribution is 5.94. The van der Waals surface area contributed by atoms with E-state index in [1.54, 1.807) is 42.5 Å². The maximum absolute atomic E-state index is 12.0. The minimum absolute atomic E-state index is 0.262. The Labute approximate surface area is 114 Å². The van der Waals surface area contributed by atoms with Gasteiger partial charge < -0.3 is 9.72 Å². The van der Waals surface area contributed by atoms with Crippen LogP contribution in [0.5, 0.6) is 5.75 Å². The summed E-state index contributed by atoms with van der Waals surface area (Å²) in [5.74, 6) is -0.223. The third-order valence-corrected chi connectivity index (χ3v) is 2.92. The number of ether oxygens (including phenoxy) is 1. The van der Waals surface area contributed by atoms with Crippen LogP contribution in [0.25, 0.3) is 10.9 Å². The Morgan fingerprint density at radius 3 is 2.45 bits per heavy atom. The summed E-state index contributed by atoms with van der Waals surface area (Å²) in [7, 11) is 0. The number of hydrogen-bond acceptors (Lipinski definition) is 3. The van der Waals surface area contributed by atoms with Crippen LogP contribution in [0.3, 0.4) is 0 Å². The Bertz CT molecular complexity index is 822. The van der Waals surface area contributed by atoms with Gasteiger partial charge in [0.15, 0.2) is 0 Å². The summed E-state index contributed by atoms with van der Waals surface area (Å²) in [6.07, 6.45) is 0. The Balaban J connectivity index is 2.03. The molecule has 0 radical (unpaired) electrons. The van der Waals surface area contributed by atoms with Gasteiger partial charge in [-0.1, -0.05) is 30.3 Å². The summed E-state index contributed by atoms with van der Waals surface area (Å²) in [5, 5.41) is 0.691. The van der Waals surface area contributed by atoms with Gasteiger partial charge >= 0.3 is 5.97 Å². The normalized spacial score (nSPS) is 10.4. The molecule has 1 heterocycles. The van der Waals surface area contributed by atoms with Gasteiger partial charge in [0.25, 0.3) is 5.56 Å². The van der Waals surface area contributed by atoms with Crippen molar-refractivity contribution < 1.29 is 9.53 Å². The molecule has 1 aromatic heterocycles. The molecular formula is C16H11NO3. The SMILES string of the molecule is O=C(Oc1cc(=O)[nH]c2ccccc12)c1ccccc1. The summed E-state index contributed by atoms with van der Waals surface area (Å²) < 4.78 is 5.34. The first-order chi connectivity index (χ1) is 9.74. The fraction of sp³-hybridized carbons (Fsp3) is 0. The molecule has 0 amide bonds. The minimum Gasteiger partial charge on any atom is -0.422 e. The molecule has 1 N–H and O–H groups in total. The van der Waals surface area contributed by atoms with Gasteiger partial charge in [0.05, 0.1) is 11.1 Å². The largest absolute Gasteiger partial charge is 0.422 e. The van der Waals surface area contributed by atoms with E-state index in [4.69, 9.17) is 4.74 Å². The Morgan fingerprint density at radius 1 is 0.950 bits per heavy atom. The summed E-state index contributed by atoms with van der Waals surface area (Å²) in [4.78, 5) is 26.3. The van der Waals surface area contributed by atoms with Crippen molar-refractivity contribution in [3.05, 3.63) is 76.6 Å². The number of esters is 1. The zero-order valence-corrected chi connectivity index (χ0v) is 10.5. The van der Waals surface area contributed by atoms with Crippen LogP contribution in [0.2, 0.25) is 0 Å². The molecule has 0 aliphatic rings. The van der Waals surface area contributed by atoms with Gasteiger partial charge in [0.2, 0.25) is 0 Å². The van der Waals surface area contributed by atoms with Crippen molar-refractivity contribution in [3.63, 3.8) is 0 Å². The number of carbonyl (C=O) groups excluding carboxylic acids is 1. The van der Waals surface area contributed by atoms with Gasteiger partial charge in [0.1, 0.15) is 5.75 Å². The van der Waals surface area contributed by atoms with Gasteiger partial charge in [0, 0.05) is 11.5 Å². The predicted molar refractivity (Wildman–Crippen MR) is 76.0 cm³/mol. The van der Waals surface area contributed by atoms with Crippen molar-refractivity contribution in [1.29, 1.82) is 0 Å². The molecule has 4 heteroatoms. The van der Waals surface area contributed by atoms with Gasteiger partial charge in [-0.15, -0.1) is 0 Å². The summed E-state index contributed by atoms with van der Waals surface area (Å²) in [5.41, 5.74) is 0.771. The number of nitrogens with one attached hydrogen (secondary N) is 1. The van der Waals surface area contributed by atoms with E-state index in [9.17, 15) is 9.59 Å². The average molecular weight is 265 g/mol. The molecule has 4 nitrogen and oxygen atoms in total. The second kappa shape index (κ2) is 5.01. The molecule has 20 heavy (non-hydrogen) atoms. The molecular weight excluding hydrogens is 254 g/mol. The van der Waals surface area contributed by atoms with Gasteiger partial charge in [-0.3, -0.25) is 4.79 Å². The number of H-pyrrole nitrogens is 1. The number of para-hydroxylation sites is 1. The highest BCUT2D eigenvalue weighted by atomic mass is 16.5. The molecule has 3 rings (SSSR count). The maximum atomic E-state index is 12.0. The number of rotatable bonds is 2. The van der Waals surface area contributed by atoms with Crippen molar-refractivity contribution in [3.8, 4) is 5.75 Å². The number of fused-ring (bicyclic) bond motifs is 1. The van der Waals surface area contributed by atoms with Crippen molar-refractivity contribution in [2.45, 2.75) is 0 Å². The number of benzene rings is 2. The second-order valence-corrected chi connectivity index (χ2v) is 4.30. The van der Waals surface area contributed by atoms with E-state index < -0.39 is 5.97 Å². The number of carbonyl (C=O) groups is 1. The fourth-order valence-corrected chi connectivity index (χ4v) is 1.99. The highest BCUT2D eigenvalue weighted by Gasteiger charge is 2.11. The van der Waals surface area contributed by atoms with Crippen molar-refractivity contribution in [2.75, 3.05) is 0 Å². The van der Waals surface area contributed by atoms with E-state index in [1.165, 1.54) is 6.07 Å². The van der Waals surface area contributed by atoms with E-state index in [0.717, 1.165) is 0 Å². The first kappa shape index (κ1) is 12.2. The van der Waals surface area contributed by atoms with Crippen molar-refractivity contribution >= 4 is 16.9 Å². The van der Waals surface area contributed by atoms with Gasteiger partial charge in [-0.25, -0.2) is 4.79 Å². The van der Waals surface area contributed by atoms with Crippen molar-refractivity contribution in [2.24, 2.45) is 0 Å². The van der Waals surface area contributed by atoms with Crippen LogP contribution in [0.1, 0.15) is 10.4 Å². The minimum atomic E-state index is -0.485. The van der Waals surface area contributed by atoms with E-state index in [-0.39, 0.29) is 11.3 Å². The first-order valence-corrected chi connectivity index (χ1v) is 6.13. The number of aromatic nitrogens is 1. The zero-order chi connectivity index (χ0) is 13.9. The molecule has 0 saturated heterocycles. The summed E-state index contributed by atoms with van der Waals surface area (Å²) in [6, 6.07) is 17.1. The molecule has 2 aromatic carbocycles. The quantitative estimate of drug-likeness (QED) is 0.725. The first-order valence-electron chi connectivity index (χ1n) is 6.13. The molecule has 0 saturated carbocycles. The topological polar surface area (TPSA) is 59.2 Å². The van der Waals surface area contributed by atoms with Gasteiger partial charge in [-0.05, 0) is 24.3 Å². The Kier molecular flexibility index (Phi) is 3.05. The molecule has 0 unspecified atom stereocenters. The van der Waals surface area contributed by atoms with Crippen LogP contribution in [-0.4, -0.2) is 11.0 Å². The molecule has 0 aliphatic heterocycles. The lowest BCUT2D eigenvalue weighted by Gasteiger charge is -2.07. The third-order valence-electron chi connectivity index (χ3n) is 2.92. The smallest absolute Gasteiger partial charge is 0.343 e. The van der Waals surface area contributed by atoms with E-state index in [0.29, 0.717) is 16.5 Å². The fourth-order valence-electron chi connectivity index (χ4n) is 1.99. The lowest BCUT2D eigenvalue weighted by molar-refractivity contribution is 0.0737. The average Bonchev–Trinajstić information content (AvgIpc) is 2.48. The Hall–Kier alpha value is -2.88. The van der Waals surface area contributed by atoms with Crippen LogP contribution < -0.4 is 10.3 Å². The maximum Gasteiger partial charge on any atom is 0.343 e. The van der Waals surface area contributed by atoms with Crippen LogP contribution in [0.4, 0.5) is 0 Å². The highest BCUT2D eigenvalue weighted by Crippen LogP contribution is 2.22. The Morgan fingerprint density at radius 2 is 1.65 bits per heavy atom. The van der Waals surface area contributed by atoms with Crippen LogP contribution >= 0.6 is 0 Å². The number of hydrogen-bond donors (Lipinski definition) is 1. The lowest BCUT2D eigenvalue weighted by atomic mass is 10.2. The third kappa shape index (κ3) is 2.31. The lowest BCUT2D eigenvalue weighted by Crippen LogP contribution is -2.12. The molecule has 0 fully saturated rings. The van der Waals surface area contributed by atoms with Crippen LogP contribution in [0.15, 0.2) is 65.5 Å². The molecule has 98 valence electrons. The van der Waals surface area contributed by atoms with E-state index in [2.05, 4.69) is 4.98 Å². The molecule has 3 aromatic rings. The predicted octanol–water partition coefficient (Wildman–Crippen LogP) is 2.75. The van der Waals surface area contributed by atoms with Crippen molar-refractivity contribution in [1.82, 2.24) is 4.98 Å². The van der Waals surface area contributed by atoms with Crippen LogP contribution in [-0.2, 0) is 0 Å². The molecule has 0 aliphatic carbocycles. The molecule has 0 atom stereocenters.